The molecule has 0 saturated heterocycles. The predicted octanol–water partition coefficient (Wildman–Crippen LogP) is 4.04. The highest BCUT2D eigenvalue weighted by molar-refractivity contribution is 9.10. The van der Waals surface area contributed by atoms with Crippen molar-refractivity contribution in [2.24, 2.45) is 7.05 Å². The van der Waals surface area contributed by atoms with Crippen LogP contribution in [0.15, 0.2) is 59.3 Å². The molecule has 0 aliphatic rings. The van der Waals surface area contributed by atoms with Crippen molar-refractivity contribution < 1.29 is 14.3 Å². The van der Waals surface area contributed by atoms with Crippen molar-refractivity contribution in [2.45, 2.75) is 18.9 Å². The number of rotatable bonds is 8. The molecule has 1 unspecified atom stereocenters. The number of hydrogen-bond acceptors (Lipinski definition) is 4. The van der Waals surface area contributed by atoms with E-state index in [1.807, 2.05) is 54.2 Å². The number of aryl methyl sites for hydroxylation is 2. The maximum Gasteiger partial charge on any atom is 0.221 e. The van der Waals surface area contributed by atoms with Crippen LogP contribution >= 0.6 is 15.9 Å². The molecule has 3 rings (SSSR count). The van der Waals surface area contributed by atoms with E-state index in [4.69, 9.17) is 9.47 Å². The number of amides is 1. The second kappa shape index (κ2) is 9.60. The summed E-state index contributed by atoms with van der Waals surface area (Å²) in [6.45, 7) is 0. The summed E-state index contributed by atoms with van der Waals surface area (Å²) in [7, 11) is 5.11. The molecule has 0 saturated carbocycles. The van der Waals surface area contributed by atoms with Crippen molar-refractivity contribution in [3.05, 3.63) is 76.3 Å². The third-order valence-electron chi connectivity index (χ3n) is 4.66. The summed E-state index contributed by atoms with van der Waals surface area (Å²) in [4.78, 5) is 17.2. The Hall–Kier alpha value is -2.80. The smallest absolute Gasteiger partial charge is 0.221 e. The number of hydrogen-bond donors (Lipinski definition) is 1. The summed E-state index contributed by atoms with van der Waals surface area (Å²) in [6.07, 6.45) is 4.60. The van der Waals surface area contributed by atoms with Crippen LogP contribution < -0.4 is 14.8 Å². The topological polar surface area (TPSA) is 65.4 Å². The number of halogens is 1. The van der Waals surface area contributed by atoms with E-state index >= 15 is 0 Å². The number of carbonyl (C=O) groups excluding carboxylic acids is 1. The Morgan fingerprint density at radius 3 is 2.48 bits per heavy atom. The first kappa shape index (κ1) is 20.9. The summed E-state index contributed by atoms with van der Waals surface area (Å²) in [6, 6.07) is 13.1. The molecule has 0 spiro atoms. The van der Waals surface area contributed by atoms with Gasteiger partial charge in [0.15, 0.2) is 0 Å². The van der Waals surface area contributed by atoms with E-state index in [1.54, 1.807) is 26.5 Å². The third kappa shape index (κ3) is 5.38. The van der Waals surface area contributed by atoms with Crippen molar-refractivity contribution in [2.75, 3.05) is 14.2 Å². The zero-order valence-corrected chi connectivity index (χ0v) is 18.3. The van der Waals surface area contributed by atoms with E-state index in [9.17, 15) is 4.79 Å². The van der Waals surface area contributed by atoms with E-state index in [1.165, 1.54) is 0 Å². The van der Waals surface area contributed by atoms with E-state index < -0.39 is 6.04 Å². The molecule has 7 heteroatoms. The molecule has 1 amide bonds. The van der Waals surface area contributed by atoms with Crippen molar-refractivity contribution in [3.8, 4) is 11.5 Å². The number of nitrogens with one attached hydrogen (secondary N) is 1. The van der Waals surface area contributed by atoms with Crippen molar-refractivity contribution in [1.29, 1.82) is 0 Å². The van der Waals surface area contributed by atoms with Crippen LogP contribution in [0.1, 0.15) is 29.4 Å². The number of ether oxygens (including phenoxy) is 2. The zero-order chi connectivity index (χ0) is 20.8. The lowest BCUT2D eigenvalue weighted by Gasteiger charge is -2.20. The SMILES string of the molecule is COc1cc(OC)cc(C(NC(=O)CCc2cccc(Br)c2)c2nccn2C)c1. The van der Waals surface area contributed by atoms with Crippen LogP contribution in [0.2, 0.25) is 0 Å². The Kier molecular flexibility index (Phi) is 6.93. The van der Waals surface area contributed by atoms with Crippen molar-refractivity contribution >= 4 is 21.8 Å². The van der Waals surface area contributed by atoms with Gasteiger partial charge in [0.25, 0.3) is 0 Å². The summed E-state index contributed by atoms with van der Waals surface area (Å²) in [5.41, 5.74) is 1.94. The van der Waals surface area contributed by atoms with Gasteiger partial charge in [-0.3, -0.25) is 4.79 Å². The Morgan fingerprint density at radius 2 is 1.90 bits per heavy atom. The zero-order valence-electron chi connectivity index (χ0n) is 16.7. The van der Waals surface area contributed by atoms with Gasteiger partial charge in [-0.25, -0.2) is 4.98 Å². The fraction of sp³-hybridized carbons (Fsp3) is 0.273. The molecule has 1 atom stereocenters. The standard InChI is InChI=1S/C22H24BrN3O3/c1-26-10-9-24-22(26)21(16-12-18(28-2)14-19(13-16)29-3)25-20(27)8-7-15-5-4-6-17(23)11-15/h4-6,9-14,21H,7-8H2,1-3H3,(H,25,27). The summed E-state index contributed by atoms with van der Waals surface area (Å²) in [5.74, 6) is 1.99. The highest BCUT2D eigenvalue weighted by Crippen LogP contribution is 2.29. The highest BCUT2D eigenvalue weighted by atomic mass is 79.9. The molecular weight excluding hydrogens is 434 g/mol. The minimum Gasteiger partial charge on any atom is -0.497 e. The normalized spacial score (nSPS) is 11.7. The lowest BCUT2D eigenvalue weighted by Crippen LogP contribution is -2.31. The van der Waals surface area contributed by atoms with Crippen LogP contribution in [0.5, 0.6) is 11.5 Å². The Bertz CT molecular complexity index is 965. The molecule has 1 heterocycles. The average Bonchev–Trinajstić information content (AvgIpc) is 3.15. The third-order valence-corrected chi connectivity index (χ3v) is 5.15. The van der Waals surface area contributed by atoms with E-state index in [0.29, 0.717) is 24.3 Å². The van der Waals surface area contributed by atoms with E-state index in [-0.39, 0.29) is 5.91 Å². The van der Waals surface area contributed by atoms with Gasteiger partial charge in [0.1, 0.15) is 23.4 Å². The molecule has 2 aromatic carbocycles. The van der Waals surface area contributed by atoms with Gasteiger partial charge in [-0.05, 0) is 41.8 Å². The lowest BCUT2D eigenvalue weighted by atomic mass is 10.0. The van der Waals surface area contributed by atoms with Gasteiger partial charge in [-0.2, -0.15) is 0 Å². The first-order valence-electron chi connectivity index (χ1n) is 9.24. The number of carbonyl (C=O) groups is 1. The second-order valence-electron chi connectivity index (χ2n) is 6.67. The number of benzene rings is 2. The van der Waals surface area contributed by atoms with Gasteiger partial charge >= 0.3 is 0 Å². The second-order valence-corrected chi connectivity index (χ2v) is 7.59. The molecule has 0 radical (unpaired) electrons. The van der Waals surface area contributed by atoms with Crippen LogP contribution in [0, 0.1) is 0 Å². The number of aromatic nitrogens is 2. The van der Waals surface area contributed by atoms with Gasteiger partial charge in [0.05, 0.1) is 14.2 Å². The van der Waals surface area contributed by atoms with Crippen LogP contribution in [0.3, 0.4) is 0 Å². The summed E-state index contributed by atoms with van der Waals surface area (Å²) >= 11 is 3.47. The number of nitrogens with zero attached hydrogens (tertiary/aromatic N) is 2. The van der Waals surface area contributed by atoms with E-state index in [0.717, 1.165) is 21.4 Å². The molecule has 3 aromatic rings. The van der Waals surface area contributed by atoms with Crippen molar-refractivity contribution in [1.82, 2.24) is 14.9 Å². The molecule has 0 aliphatic carbocycles. The fourth-order valence-electron chi connectivity index (χ4n) is 3.13. The first-order chi connectivity index (χ1) is 14.0. The molecule has 1 N–H and O–H groups in total. The predicted molar refractivity (Wildman–Crippen MR) is 115 cm³/mol. The van der Waals surface area contributed by atoms with E-state index in [2.05, 4.69) is 26.2 Å². The fourth-order valence-corrected chi connectivity index (χ4v) is 3.58. The Labute approximate surface area is 179 Å². The van der Waals surface area contributed by atoms with Gasteiger partial charge in [-0.15, -0.1) is 0 Å². The van der Waals surface area contributed by atoms with Gasteiger partial charge in [0.2, 0.25) is 5.91 Å². The quantitative estimate of drug-likeness (QED) is 0.554. The monoisotopic (exact) mass is 457 g/mol. The average molecular weight is 458 g/mol. The molecule has 0 aliphatic heterocycles. The molecule has 6 nitrogen and oxygen atoms in total. The van der Waals surface area contributed by atoms with Crippen LogP contribution in [-0.4, -0.2) is 29.7 Å². The minimum atomic E-state index is -0.422. The van der Waals surface area contributed by atoms with Crippen molar-refractivity contribution in [3.63, 3.8) is 0 Å². The van der Waals surface area contributed by atoms with Crippen LogP contribution in [-0.2, 0) is 18.3 Å². The molecule has 0 bridgehead atoms. The largest absolute Gasteiger partial charge is 0.497 e. The molecule has 29 heavy (non-hydrogen) atoms. The van der Waals surface area contributed by atoms with Gasteiger partial charge in [-0.1, -0.05) is 28.1 Å². The molecule has 0 fully saturated rings. The molecular formula is C22H24BrN3O3. The molecule has 152 valence electrons. The Balaban J connectivity index is 1.83. The number of methoxy groups -OCH3 is 2. The summed E-state index contributed by atoms with van der Waals surface area (Å²) in [5, 5.41) is 3.12. The van der Waals surface area contributed by atoms with Crippen LogP contribution in [0.4, 0.5) is 0 Å². The minimum absolute atomic E-state index is 0.0558. The van der Waals surface area contributed by atoms with Crippen LogP contribution in [0.25, 0.3) is 0 Å². The maximum absolute atomic E-state index is 12.8. The van der Waals surface area contributed by atoms with Gasteiger partial charge < -0.3 is 19.4 Å². The Morgan fingerprint density at radius 1 is 1.17 bits per heavy atom. The first-order valence-corrected chi connectivity index (χ1v) is 10.0. The van der Waals surface area contributed by atoms with Gasteiger partial charge in [0, 0.05) is 36.4 Å². The maximum atomic E-state index is 12.8. The summed E-state index contributed by atoms with van der Waals surface area (Å²) < 4.78 is 13.7. The number of imidazole rings is 1. The highest BCUT2D eigenvalue weighted by Gasteiger charge is 2.22. The molecule has 1 aromatic heterocycles. The lowest BCUT2D eigenvalue weighted by molar-refractivity contribution is -0.121.